The Morgan fingerprint density at radius 3 is 2.61 bits per heavy atom. The summed E-state index contributed by atoms with van der Waals surface area (Å²) in [6.45, 7) is 1.78. The standard InChI is InChI=1S/C21H20FN7O2/c1-2-30-17-11-18(26-20(23)25-17)31-16-8-6-14(7-9-16)19-27-21(29-28-19)24-15-5-3-4-13(10-15)12-22/h3-11H,2,12H2,1H3,(H2,23,25,26)(H2,24,27,28,29). The van der Waals surface area contributed by atoms with E-state index in [-0.39, 0.29) is 11.8 Å². The van der Waals surface area contributed by atoms with E-state index in [1.54, 1.807) is 36.4 Å². The monoisotopic (exact) mass is 421 g/mol. The number of H-pyrrole nitrogens is 1. The second kappa shape index (κ2) is 9.08. The quantitative estimate of drug-likeness (QED) is 0.386. The first kappa shape index (κ1) is 20.1. The Bertz CT molecular complexity index is 1160. The normalized spacial score (nSPS) is 10.6. The van der Waals surface area contributed by atoms with Gasteiger partial charge in [0.15, 0.2) is 5.82 Å². The number of nitrogen functional groups attached to an aromatic ring is 1. The smallest absolute Gasteiger partial charge is 0.227 e. The maximum Gasteiger partial charge on any atom is 0.227 e. The Labute approximate surface area is 177 Å². The summed E-state index contributed by atoms with van der Waals surface area (Å²) in [5, 5.41) is 11.3. The van der Waals surface area contributed by atoms with Crippen LogP contribution in [0.2, 0.25) is 0 Å². The lowest BCUT2D eigenvalue weighted by Gasteiger charge is -2.08. The fourth-order valence-corrected chi connectivity index (χ4v) is 2.81. The fraction of sp³-hybridized carbons (Fsp3) is 0.143. The molecule has 4 aromatic rings. The second-order valence-electron chi connectivity index (χ2n) is 6.44. The zero-order valence-corrected chi connectivity index (χ0v) is 16.7. The maximum atomic E-state index is 12.8. The summed E-state index contributed by atoms with van der Waals surface area (Å²) in [6, 6.07) is 15.8. The van der Waals surface area contributed by atoms with Crippen LogP contribution >= 0.6 is 0 Å². The molecule has 0 amide bonds. The van der Waals surface area contributed by atoms with E-state index >= 15 is 0 Å². The Morgan fingerprint density at radius 1 is 1.03 bits per heavy atom. The third-order valence-corrected chi connectivity index (χ3v) is 4.17. The van der Waals surface area contributed by atoms with E-state index in [9.17, 15) is 4.39 Å². The van der Waals surface area contributed by atoms with Crippen molar-refractivity contribution in [1.29, 1.82) is 0 Å². The highest BCUT2D eigenvalue weighted by Crippen LogP contribution is 2.26. The van der Waals surface area contributed by atoms with E-state index in [2.05, 4.69) is 30.5 Å². The zero-order chi connectivity index (χ0) is 21.6. The molecule has 158 valence electrons. The van der Waals surface area contributed by atoms with Crippen LogP contribution in [0.15, 0.2) is 54.6 Å². The minimum atomic E-state index is -0.528. The van der Waals surface area contributed by atoms with Gasteiger partial charge in [0, 0.05) is 11.3 Å². The Morgan fingerprint density at radius 2 is 1.84 bits per heavy atom. The van der Waals surface area contributed by atoms with Crippen LogP contribution in [0.25, 0.3) is 11.4 Å². The molecule has 2 aromatic carbocycles. The van der Waals surface area contributed by atoms with Crippen molar-refractivity contribution in [2.75, 3.05) is 17.7 Å². The third kappa shape index (κ3) is 5.04. The molecule has 10 heteroatoms. The summed E-state index contributed by atoms with van der Waals surface area (Å²) >= 11 is 0. The predicted molar refractivity (Wildman–Crippen MR) is 114 cm³/mol. The summed E-state index contributed by atoms with van der Waals surface area (Å²) < 4.78 is 23.9. The lowest BCUT2D eigenvalue weighted by atomic mass is 10.2. The number of hydrogen-bond acceptors (Lipinski definition) is 8. The molecule has 0 unspecified atom stereocenters. The number of anilines is 3. The van der Waals surface area contributed by atoms with Gasteiger partial charge >= 0.3 is 0 Å². The van der Waals surface area contributed by atoms with Crippen molar-refractivity contribution in [3.63, 3.8) is 0 Å². The van der Waals surface area contributed by atoms with E-state index in [1.807, 2.05) is 25.1 Å². The molecular formula is C21H20FN7O2. The van der Waals surface area contributed by atoms with Crippen LogP contribution in [0.4, 0.5) is 22.0 Å². The molecule has 2 heterocycles. The Kier molecular flexibility index (Phi) is 5.88. The number of rotatable bonds is 8. The van der Waals surface area contributed by atoms with Crippen LogP contribution in [0.5, 0.6) is 17.5 Å². The minimum Gasteiger partial charge on any atom is -0.478 e. The van der Waals surface area contributed by atoms with Gasteiger partial charge in [-0.25, -0.2) is 4.39 Å². The van der Waals surface area contributed by atoms with Crippen LogP contribution in [-0.2, 0) is 6.67 Å². The van der Waals surface area contributed by atoms with E-state index in [1.165, 1.54) is 0 Å². The molecule has 0 bridgehead atoms. The molecule has 0 aliphatic heterocycles. The van der Waals surface area contributed by atoms with Gasteiger partial charge in [-0.15, -0.1) is 10.2 Å². The van der Waals surface area contributed by atoms with Gasteiger partial charge in [0.2, 0.25) is 23.7 Å². The van der Waals surface area contributed by atoms with Gasteiger partial charge in [0.05, 0.1) is 12.7 Å². The first-order chi connectivity index (χ1) is 15.1. The SMILES string of the molecule is CCOc1cc(Oc2ccc(-c3nnc(Nc4cccc(CF)c4)[nH]3)cc2)nc(N)n1. The van der Waals surface area contributed by atoms with Gasteiger partial charge in [-0.1, -0.05) is 12.1 Å². The number of hydrogen-bond donors (Lipinski definition) is 3. The summed E-state index contributed by atoms with van der Waals surface area (Å²) in [5.74, 6) is 2.28. The Balaban J connectivity index is 1.45. The molecule has 0 aliphatic carbocycles. The highest BCUT2D eigenvalue weighted by atomic mass is 19.1. The van der Waals surface area contributed by atoms with E-state index in [0.717, 1.165) is 11.3 Å². The number of aromatic amines is 1. The molecule has 4 N–H and O–H groups in total. The van der Waals surface area contributed by atoms with Gasteiger partial charge in [0.1, 0.15) is 12.4 Å². The van der Waals surface area contributed by atoms with Crippen molar-refractivity contribution in [2.24, 2.45) is 0 Å². The van der Waals surface area contributed by atoms with Gasteiger partial charge in [-0.05, 0) is 48.9 Å². The largest absolute Gasteiger partial charge is 0.478 e. The fourth-order valence-electron chi connectivity index (χ4n) is 2.81. The first-order valence-electron chi connectivity index (χ1n) is 9.53. The van der Waals surface area contributed by atoms with Crippen molar-refractivity contribution < 1.29 is 13.9 Å². The molecule has 0 saturated carbocycles. The number of ether oxygens (including phenoxy) is 2. The number of aromatic nitrogens is 5. The summed E-state index contributed by atoms with van der Waals surface area (Å²) in [6.07, 6.45) is 0. The first-order valence-corrected chi connectivity index (χ1v) is 9.53. The summed E-state index contributed by atoms with van der Waals surface area (Å²) in [5.41, 5.74) is 7.80. The van der Waals surface area contributed by atoms with Crippen LogP contribution in [0, 0.1) is 0 Å². The van der Waals surface area contributed by atoms with Crippen molar-refractivity contribution in [2.45, 2.75) is 13.6 Å². The molecule has 0 fully saturated rings. The number of nitrogens with zero attached hydrogens (tertiary/aromatic N) is 4. The molecule has 0 aliphatic rings. The van der Waals surface area contributed by atoms with Gasteiger partial charge in [-0.3, -0.25) is 0 Å². The molecule has 9 nitrogen and oxygen atoms in total. The van der Waals surface area contributed by atoms with Gasteiger partial charge in [-0.2, -0.15) is 9.97 Å². The van der Waals surface area contributed by atoms with Crippen molar-refractivity contribution >= 4 is 17.6 Å². The highest BCUT2D eigenvalue weighted by Gasteiger charge is 2.09. The molecule has 0 radical (unpaired) electrons. The molecule has 31 heavy (non-hydrogen) atoms. The Hall–Kier alpha value is -4.21. The summed E-state index contributed by atoms with van der Waals surface area (Å²) in [4.78, 5) is 11.1. The molecule has 0 spiro atoms. The van der Waals surface area contributed by atoms with Crippen LogP contribution < -0.4 is 20.5 Å². The third-order valence-electron chi connectivity index (χ3n) is 4.17. The number of halogens is 1. The second-order valence-corrected chi connectivity index (χ2v) is 6.44. The van der Waals surface area contributed by atoms with E-state index in [0.29, 0.717) is 35.6 Å². The number of nitrogens with two attached hydrogens (primary N) is 1. The van der Waals surface area contributed by atoms with Gasteiger partial charge < -0.3 is 25.5 Å². The molecule has 2 aromatic heterocycles. The number of alkyl halides is 1. The van der Waals surface area contributed by atoms with Crippen molar-refractivity contribution in [3.8, 4) is 28.9 Å². The lowest BCUT2D eigenvalue weighted by Crippen LogP contribution is -2.01. The average Bonchev–Trinajstić information content (AvgIpc) is 3.22. The van der Waals surface area contributed by atoms with E-state index in [4.69, 9.17) is 15.2 Å². The van der Waals surface area contributed by atoms with Crippen molar-refractivity contribution in [1.82, 2.24) is 25.1 Å². The predicted octanol–water partition coefficient (Wildman–Crippen LogP) is 4.25. The van der Waals surface area contributed by atoms with Crippen molar-refractivity contribution in [3.05, 3.63) is 60.2 Å². The summed E-state index contributed by atoms with van der Waals surface area (Å²) in [7, 11) is 0. The zero-order valence-electron chi connectivity index (χ0n) is 16.7. The molecule has 0 saturated heterocycles. The molecule has 0 atom stereocenters. The van der Waals surface area contributed by atoms with Gasteiger partial charge in [0.25, 0.3) is 0 Å². The topological polar surface area (TPSA) is 124 Å². The number of nitrogens with one attached hydrogen (secondary N) is 2. The molecule has 4 rings (SSSR count). The van der Waals surface area contributed by atoms with Crippen LogP contribution in [0.3, 0.4) is 0 Å². The number of benzene rings is 2. The van der Waals surface area contributed by atoms with Crippen LogP contribution in [0.1, 0.15) is 12.5 Å². The molecular weight excluding hydrogens is 401 g/mol. The lowest BCUT2D eigenvalue weighted by molar-refractivity contribution is 0.323. The van der Waals surface area contributed by atoms with E-state index < -0.39 is 6.67 Å². The maximum absolute atomic E-state index is 12.8. The minimum absolute atomic E-state index is 0.0660. The van der Waals surface area contributed by atoms with Crippen LogP contribution in [-0.4, -0.2) is 31.8 Å². The average molecular weight is 421 g/mol. The highest BCUT2D eigenvalue weighted by molar-refractivity contribution is 5.60.